The molecule has 2 saturated heterocycles. The van der Waals surface area contributed by atoms with Gasteiger partial charge in [-0.25, -0.2) is 19.5 Å². The molecule has 6 N–H and O–H groups in total. The van der Waals surface area contributed by atoms with E-state index in [-0.39, 0.29) is 62.0 Å². The molecule has 0 saturated carbocycles. The van der Waals surface area contributed by atoms with E-state index in [0.29, 0.717) is 104 Å². The summed E-state index contributed by atoms with van der Waals surface area (Å²) in [5, 5.41) is 15.2. The first kappa shape index (κ1) is 59.4. The number of nitrogens with two attached hydrogens (primary N) is 1. The number of rotatable bonds is 31. The Morgan fingerprint density at radius 1 is 0.855 bits per heavy atom. The molecule has 3 aliphatic heterocycles. The molecule has 0 radical (unpaired) electrons. The largest absolute Gasteiger partial charge is 0.469 e. The van der Waals surface area contributed by atoms with Gasteiger partial charge in [0.2, 0.25) is 17.7 Å². The van der Waals surface area contributed by atoms with E-state index in [0.717, 1.165) is 105 Å². The van der Waals surface area contributed by atoms with Gasteiger partial charge in [0.15, 0.2) is 0 Å². The molecule has 76 heavy (non-hydrogen) atoms. The molecule has 0 aliphatic carbocycles. The zero-order valence-electron chi connectivity index (χ0n) is 45.7. The number of carbonyl (C=O) groups is 5. The summed E-state index contributed by atoms with van der Waals surface area (Å²) in [6.45, 7) is 15.4. The average Bonchev–Trinajstić information content (AvgIpc) is 4.04. The maximum Gasteiger partial charge on any atom is 0.336 e. The number of hydrogen-bond donors (Lipinski definition) is 5. The number of piperazine rings is 1. The lowest BCUT2D eigenvalue weighted by molar-refractivity contribution is -0.141. The lowest BCUT2D eigenvalue weighted by Crippen LogP contribution is -2.51. The minimum Gasteiger partial charge on any atom is -0.469 e. The molecule has 5 heterocycles. The number of nitrogens with zero attached hydrogens (tertiary/aromatic N) is 7. The number of fused-ring (bicyclic) bond motifs is 1. The average molecular weight is 1060 g/mol. The second-order valence-electron chi connectivity index (χ2n) is 20.1. The van der Waals surface area contributed by atoms with Gasteiger partial charge in [-0.3, -0.25) is 24.6 Å². The molecule has 1 aromatic carbocycles. The highest BCUT2D eigenvalue weighted by molar-refractivity contribution is 5.81. The van der Waals surface area contributed by atoms with E-state index in [1.807, 2.05) is 16.5 Å². The Morgan fingerprint density at radius 2 is 1.59 bits per heavy atom. The van der Waals surface area contributed by atoms with Crippen molar-refractivity contribution in [3.63, 3.8) is 0 Å². The normalized spacial score (nSPS) is 15.9. The smallest absolute Gasteiger partial charge is 0.336 e. The van der Waals surface area contributed by atoms with Crippen molar-refractivity contribution < 1.29 is 42.9 Å². The van der Waals surface area contributed by atoms with Crippen LogP contribution in [-0.2, 0) is 51.0 Å². The highest BCUT2D eigenvalue weighted by atomic mass is 16.5. The highest BCUT2D eigenvalue weighted by Gasteiger charge is 2.29. The number of unbranched alkanes of at least 4 members (excludes halogenated alkanes) is 1. The van der Waals surface area contributed by atoms with Gasteiger partial charge in [-0.2, -0.15) is 5.10 Å². The molecule has 2 atom stereocenters. The number of amides is 5. The van der Waals surface area contributed by atoms with Crippen LogP contribution in [0.25, 0.3) is 5.69 Å². The first-order valence-electron chi connectivity index (χ1n) is 27.7. The number of pyridine rings is 1. The Bertz CT molecular complexity index is 2310. The molecule has 0 bridgehead atoms. The van der Waals surface area contributed by atoms with Crippen LogP contribution in [0, 0.1) is 19.8 Å². The molecule has 3 aliphatic rings. The fourth-order valence-corrected chi connectivity index (χ4v) is 9.95. The Morgan fingerprint density at radius 3 is 2.30 bits per heavy atom. The summed E-state index contributed by atoms with van der Waals surface area (Å²) in [7, 11) is 1.46. The number of carbonyl (C=O) groups excluding carboxylic acids is 5. The van der Waals surface area contributed by atoms with Crippen LogP contribution in [-0.4, -0.2) is 185 Å². The second kappa shape index (κ2) is 32.0. The number of methoxy groups -OCH3 is 1. The van der Waals surface area contributed by atoms with Crippen LogP contribution < -0.4 is 32.0 Å². The number of benzene rings is 1. The van der Waals surface area contributed by atoms with Crippen molar-refractivity contribution in [3.05, 3.63) is 64.6 Å². The number of likely N-dealkylation sites (tertiary alicyclic amines) is 1. The number of esters is 1. The molecule has 2 unspecified atom stereocenters. The lowest BCUT2D eigenvalue weighted by Gasteiger charge is -2.37. The number of hydrazine groups is 1. The van der Waals surface area contributed by atoms with E-state index in [1.165, 1.54) is 17.7 Å². The van der Waals surface area contributed by atoms with Gasteiger partial charge in [-0.15, -0.1) is 0 Å². The van der Waals surface area contributed by atoms with E-state index in [1.54, 1.807) is 6.92 Å². The van der Waals surface area contributed by atoms with Crippen molar-refractivity contribution >= 4 is 41.2 Å². The molecule has 2 aromatic heterocycles. The molecule has 6 rings (SSSR count). The van der Waals surface area contributed by atoms with Crippen LogP contribution in [0.4, 0.5) is 16.3 Å². The summed E-state index contributed by atoms with van der Waals surface area (Å²) in [5.74, 6) is 0.950. The van der Waals surface area contributed by atoms with Crippen LogP contribution in [0.3, 0.4) is 0 Å². The topological polar surface area (TPSA) is 240 Å². The SMILES string of the molecule is CCC(=O)NN(CCCCN)C(=O)NCCOCCOCCOCCNC(=O)CCCC(=O)N1CCN(c2cc(C(CC(=O)OC)CN3CCC(CCc4ccc5c(n4)NCCC5)C3)cc(-n3nc(C)cc3C)c2)CC1. The minimum absolute atomic E-state index is 0.0400. The zero-order chi connectivity index (χ0) is 54.1. The number of hydrogen-bond acceptors (Lipinski definition) is 15. The van der Waals surface area contributed by atoms with Gasteiger partial charge in [-0.05, 0) is 126 Å². The predicted octanol–water partition coefficient (Wildman–Crippen LogP) is 4.02. The van der Waals surface area contributed by atoms with Gasteiger partial charge < -0.3 is 55.3 Å². The van der Waals surface area contributed by atoms with Crippen LogP contribution in [0.2, 0.25) is 0 Å². The summed E-state index contributed by atoms with van der Waals surface area (Å²) in [5.41, 5.74) is 15.6. The summed E-state index contributed by atoms with van der Waals surface area (Å²) in [4.78, 5) is 74.9. The first-order chi connectivity index (χ1) is 36.9. The molecule has 21 heteroatoms. The Kier molecular flexibility index (Phi) is 25.0. The van der Waals surface area contributed by atoms with E-state index in [2.05, 4.69) is 74.5 Å². The van der Waals surface area contributed by atoms with E-state index in [9.17, 15) is 24.0 Å². The summed E-state index contributed by atoms with van der Waals surface area (Å²) in [6.07, 6.45) is 8.34. The van der Waals surface area contributed by atoms with Gasteiger partial charge in [0.05, 0.1) is 64.6 Å². The third kappa shape index (κ3) is 19.6. The summed E-state index contributed by atoms with van der Waals surface area (Å²) in [6, 6.07) is 12.6. The summed E-state index contributed by atoms with van der Waals surface area (Å²) < 4.78 is 23.9. The van der Waals surface area contributed by atoms with Gasteiger partial charge in [0, 0.05) is 108 Å². The second-order valence-corrected chi connectivity index (χ2v) is 20.1. The number of urea groups is 1. The van der Waals surface area contributed by atoms with Crippen molar-refractivity contribution in [1.29, 1.82) is 0 Å². The van der Waals surface area contributed by atoms with E-state index >= 15 is 0 Å². The number of ether oxygens (including phenoxy) is 4. The van der Waals surface area contributed by atoms with Crippen LogP contribution in [0.5, 0.6) is 0 Å². The molecule has 21 nitrogen and oxygen atoms in total. The maximum atomic E-state index is 13.4. The monoisotopic (exact) mass is 1060 g/mol. The highest BCUT2D eigenvalue weighted by Crippen LogP contribution is 2.33. The molecule has 2 fully saturated rings. The third-order valence-corrected chi connectivity index (χ3v) is 14.2. The molecular formula is C55H86N12O9. The van der Waals surface area contributed by atoms with Crippen LogP contribution >= 0.6 is 0 Å². The van der Waals surface area contributed by atoms with Crippen molar-refractivity contribution in [2.24, 2.45) is 11.7 Å². The minimum atomic E-state index is -0.399. The van der Waals surface area contributed by atoms with E-state index in [4.69, 9.17) is 34.8 Å². The summed E-state index contributed by atoms with van der Waals surface area (Å²) >= 11 is 0. The van der Waals surface area contributed by atoms with Crippen molar-refractivity contribution in [2.75, 3.05) is 136 Å². The number of nitrogens with one attached hydrogen (secondary N) is 4. The molecule has 420 valence electrons. The predicted molar refractivity (Wildman–Crippen MR) is 291 cm³/mol. The lowest BCUT2D eigenvalue weighted by atomic mass is 9.93. The number of aryl methyl sites for hydroxylation is 4. The Hall–Kier alpha value is -5.87. The van der Waals surface area contributed by atoms with Gasteiger partial charge >= 0.3 is 12.0 Å². The standard InChI is InChI=1S/C55H86N12O9/c1-5-50(68)62-66(22-7-6-18-56)55(72)59-21-29-75-31-33-76-32-30-74-28-20-57-51(69)11-8-12-52(70)65-26-24-64(25-27-65)48-35-45(36-49(38-48)67-42(3)34-41(2)61-67)46(37-53(71)73-4)40-63-23-17-43(39-63)13-15-47-16-14-44-10-9-19-58-54(44)60-47/h14,16,34-36,38,43,46H,5-13,15,17-33,37,39-40,56H2,1-4H3,(H,57,69)(H,58,60)(H,59,72)(H,62,68). The van der Waals surface area contributed by atoms with Crippen molar-refractivity contribution in [3.8, 4) is 5.69 Å². The van der Waals surface area contributed by atoms with Crippen molar-refractivity contribution in [1.82, 2.24) is 45.6 Å². The van der Waals surface area contributed by atoms with Gasteiger partial charge in [0.25, 0.3) is 0 Å². The molecule has 0 spiro atoms. The zero-order valence-corrected chi connectivity index (χ0v) is 45.7. The fraction of sp³-hybridized carbons (Fsp3) is 0.655. The van der Waals surface area contributed by atoms with Crippen LogP contribution in [0.1, 0.15) is 105 Å². The van der Waals surface area contributed by atoms with Gasteiger partial charge in [-0.1, -0.05) is 13.0 Å². The number of aromatic nitrogens is 3. The molecular weight excluding hydrogens is 973 g/mol. The number of anilines is 2. The van der Waals surface area contributed by atoms with Crippen molar-refractivity contribution in [2.45, 2.75) is 104 Å². The quantitative estimate of drug-likeness (QED) is 0.0348. The fourth-order valence-electron chi connectivity index (χ4n) is 9.95. The van der Waals surface area contributed by atoms with Gasteiger partial charge in [0.1, 0.15) is 5.82 Å². The third-order valence-electron chi connectivity index (χ3n) is 14.2. The first-order valence-corrected chi connectivity index (χ1v) is 27.7. The maximum absolute atomic E-state index is 13.4. The molecule has 5 amide bonds. The van der Waals surface area contributed by atoms with Crippen LogP contribution in [0.15, 0.2) is 36.4 Å². The molecule has 3 aromatic rings. The van der Waals surface area contributed by atoms with E-state index < -0.39 is 6.03 Å². The Balaban J connectivity index is 0.876. The Labute approximate surface area is 449 Å².